The number of hydrogen-bond acceptors (Lipinski definition) is 2. The third-order valence-electron chi connectivity index (χ3n) is 5.12. The van der Waals surface area contributed by atoms with Crippen molar-refractivity contribution in [3.8, 4) is 0 Å². The van der Waals surface area contributed by atoms with Gasteiger partial charge in [-0.3, -0.25) is 9.59 Å². The number of benzene rings is 1. The maximum absolute atomic E-state index is 12.1. The average Bonchev–Trinajstić information content (AvgIpc) is 2.68. The summed E-state index contributed by atoms with van der Waals surface area (Å²) in [5, 5.41) is 5.82. The van der Waals surface area contributed by atoms with Crippen molar-refractivity contribution in [3.63, 3.8) is 0 Å². The number of nitrogens with one attached hydrogen (secondary N) is 2. The lowest BCUT2D eigenvalue weighted by atomic mass is 10.1. The minimum Gasteiger partial charge on any atom is -0.326 e. The zero-order valence-electron chi connectivity index (χ0n) is 18.2. The van der Waals surface area contributed by atoms with Crippen molar-refractivity contribution in [2.24, 2.45) is 0 Å². The molecule has 28 heavy (non-hydrogen) atoms. The van der Waals surface area contributed by atoms with Crippen molar-refractivity contribution >= 4 is 23.2 Å². The summed E-state index contributed by atoms with van der Waals surface area (Å²) in [6.07, 6.45) is 15.1. The molecule has 4 heteroatoms. The number of aryl methyl sites for hydroxylation is 1. The quantitative estimate of drug-likeness (QED) is 0.318. The Morgan fingerprint density at radius 2 is 1.32 bits per heavy atom. The Balaban J connectivity index is 2.15. The number of hydrogen-bond donors (Lipinski definition) is 2. The maximum atomic E-state index is 12.1. The van der Waals surface area contributed by atoms with Crippen molar-refractivity contribution in [1.29, 1.82) is 0 Å². The standard InChI is InChI=1S/C24H40N2O2/c1-4-6-7-8-9-10-11-12-13-14-15-16-24(28)25-21-18-17-20(3)22(19-21)26-23(27)5-2/h17-19H,4-16H2,1-3H3,(H,25,28)(H,26,27). The molecule has 0 heterocycles. The molecule has 4 nitrogen and oxygen atoms in total. The Kier molecular flexibility index (Phi) is 13.1. The zero-order chi connectivity index (χ0) is 20.6. The third kappa shape index (κ3) is 11.1. The highest BCUT2D eigenvalue weighted by Gasteiger charge is 2.07. The largest absolute Gasteiger partial charge is 0.326 e. The fourth-order valence-corrected chi connectivity index (χ4v) is 3.25. The van der Waals surface area contributed by atoms with Crippen molar-refractivity contribution < 1.29 is 9.59 Å². The lowest BCUT2D eigenvalue weighted by Crippen LogP contribution is -2.13. The van der Waals surface area contributed by atoms with E-state index in [1.165, 1.54) is 57.8 Å². The van der Waals surface area contributed by atoms with E-state index < -0.39 is 0 Å². The van der Waals surface area contributed by atoms with Gasteiger partial charge in [-0.15, -0.1) is 0 Å². The van der Waals surface area contributed by atoms with Crippen molar-refractivity contribution in [1.82, 2.24) is 0 Å². The first-order valence-electron chi connectivity index (χ1n) is 11.3. The first-order valence-corrected chi connectivity index (χ1v) is 11.3. The summed E-state index contributed by atoms with van der Waals surface area (Å²) >= 11 is 0. The van der Waals surface area contributed by atoms with Gasteiger partial charge < -0.3 is 10.6 Å². The molecule has 0 saturated carbocycles. The molecular weight excluding hydrogens is 348 g/mol. The monoisotopic (exact) mass is 388 g/mol. The Hall–Kier alpha value is -1.84. The summed E-state index contributed by atoms with van der Waals surface area (Å²) in [5.41, 5.74) is 2.49. The molecule has 0 bridgehead atoms. The van der Waals surface area contributed by atoms with Crippen LogP contribution in [-0.2, 0) is 9.59 Å². The number of amides is 2. The van der Waals surface area contributed by atoms with E-state index in [-0.39, 0.29) is 11.8 Å². The van der Waals surface area contributed by atoms with Crippen LogP contribution in [0.2, 0.25) is 0 Å². The maximum Gasteiger partial charge on any atom is 0.224 e. The second-order valence-electron chi connectivity index (χ2n) is 7.77. The van der Waals surface area contributed by atoms with Gasteiger partial charge in [0.15, 0.2) is 0 Å². The number of rotatable bonds is 15. The molecule has 0 aliphatic heterocycles. The Labute approximate surface area is 171 Å². The second kappa shape index (κ2) is 15.1. The molecule has 0 aromatic heterocycles. The molecule has 2 N–H and O–H groups in total. The van der Waals surface area contributed by atoms with Gasteiger partial charge in [0.1, 0.15) is 0 Å². The smallest absolute Gasteiger partial charge is 0.224 e. The van der Waals surface area contributed by atoms with Gasteiger partial charge in [0, 0.05) is 24.2 Å². The Morgan fingerprint density at radius 3 is 1.89 bits per heavy atom. The molecule has 0 radical (unpaired) electrons. The lowest BCUT2D eigenvalue weighted by Gasteiger charge is -2.11. The summed E-state index contributed by atoms with van der Waals surface area (Å²) in [5.74, 6) is 0.0279. The van der Waals surface area contributed by atoms with Gasteiger partial charge in [0.25, 0.3) is 0 Å². The van der Waals surface area contributed by atoms with Crippen molar-refractivity contribution in [2.45, 2.75) is 104 Å². The van der Waals surface area contributed by atoms with Crippen LogP contribution in [0.3, 0.4) is 0 Å². The SMILES string of the molecule is CCCCCCCCCCCCCC(=O)Nc1ccc(C)c(NC(=O)CC)c1. The predicted octanol–water partition coefficient (Wildman–Crippen LogP) is 6.98. The molecule has 158 valence electrons. The summed E-state index contributed by atoms with van der Waals surface area (Å²) < 4.78 is 0. The normalized spacial score (nSPS) is 10.7. The first kappa shape index (κ1) is 24.2. The lowest BCUT2D eigenvalue weighted by molar-refractivity contribution is -0.116. The number of carbonyl (C=O) groups excluding carboxylic acids is 2. The highest BCUT2D eigenvalue weighted by atomic mass is 16.2. The van der Waals surface area contributed by atoms with Crippen LogP contribution < -0.4 is 10.6 Å². The number of unbranched alkanes of at least 4 members (excludes halogenated alkanes) is 10. The van der Waals surface area contributed by atoms with E-state index in [0.717, 1.165) is 29.8 Å². The van der Waals surface area contributed by atoms with Crippen LogP contribution in [0.5, 0.6) is 0 Å². The first-order chi connectivity index (χ1) is 13.6. The van der Waals surface area contributed by atoms with Gasteiger partial charge in [-0.05, 0) is 31.0 Å². The summed E-state index contributed by atoms with van der Waals surface area (Å²) in [7, 11) is 0. The molecular formula is C24H40N2O2. The molecule has 0 spiro atoms. The molecule has 1 aromatic carbocycles. The molecule has 2 amide bonds. The third-order valence-corrected chi connectivity index (χ3v) is 5.12. The van der Waals surface area contributed by atoms with Crippen LogP contribution in [0, 0.1) is 6.92 Å². The van der Waals surface area contributed by atoms with E-state index >= 15 is 0 Å². The Morgan fingerprint density at radius 1 is 0.750 bits per heavy atom. The molecule has 0 aliphatic carbocycles. The van der Waals surface area contributed by atoms with Gasteiger partial charge in [-0.1, -0.05) is 84.1 Å². The van der Waals surface area contributed by atoms with E-state index in [1.807, 2.05) is 32.0 Å². The van der Waals surface area contributed by atoms with E-state index in [2.05, 4.69) is 17.6 Å². The van der Waals surface area contributed by atoms with E-state index in [0.29, 0.717) is 12.8 Å². The van der Waals surface area contributed by atoms with Gasteiger partial charge in [-0.2, -0.15) is 0 Å². The number of carbonyl (C=O) groups is 2. The highest BCUT2D eigenvalue weighted by molar-refractivity contribution is 5.94. The van der Waals surface area contributed by atoms with Crippen molar-refractivity contribution in [3.05, 3.63) is 23.8 Å². The Bertz CT molecular complexity index is 584. The van der Waals surface area contributed by atoms with Crippen molar-refractivity contribution in [2.75, 3.05) is 10.6 Å². The highest BCUT2D eigenvalue weighted by Crippen LogP contribution is 2.21. The molecule has 1 aromatic rings. The number of anilines is 2. The van der Waals surface area contributed by atoms with Crippen LogP contribution in [0.15, 0.2) is 18.2 Å². The molecule has 0 aliphatic rings. The summed E-state index contributed by atoms with van der Waals surface area (Å²) in [6, 6.07) is 5.64. The fraction of sp³-hybridized carbons (Fsp3) is 0.667. The van der Waals surface area contributed by atoms with E-state index in [9.17, 15) is 9.59 Å². The minimum absolute atomic E-state index is 0.0208. The summed E-state index contributed by atoms with van der Waals surface area (Å²) in [4.78, 5) is 23.7. The minimum atomic E-state index is -0.0208. The molecule has 0 atom stereocenters. The topological polar surface area (TPSA) is 58.2 Å². The van der Waals surface area contributed by atoms with Gasteiger partial charge in [0.2, 0.25) is 11.8 Å². The van der Waals surface area contributed by atoms with Crippen LogP contribution in [0.1, 0.15) is 103 Å². The predicted molar refractivity (Wildman–Crippen MR) is 120 cm³/mol. The van der Waals surface area contributed by atoms with E-state index in [4.69, 9.17) is 0 Å². The van der Waals surface area contributed by atoms with Crippen LogP contribution in [0.25, 0.3) is 0 Å². The molecule has 0 saturated heterocycles. The molecule has 1 rings (SSSR count). The van der Waals surface area contributed by atoms with Crippen LogP contribution >= 0.6 is 0 Å². The second-order valence-corrected chi connectivity index (χ2v) is 7.77. The van der Waals surface area contributed by atoms with Gasteiger partial charge in [0.05, 0.1) is 0 Å². The molecule has 0 fully saturated rings. The average molecular weight is 389 g/mol. The fourth-order valence-electron chi connectivity index (χ4n) is 3.25. The van der Waals surface area contributed by atoms with Gasteiger partial charge in [-0.25, -0.2) is 0 Å². The van der Waals surface area contributed by atoms with Gasteiger partial charge >= 0.3 is 0 Å². The van der Waals surface area contributed by atoms with Crippen LogP contribution in [-0.4, -0.2) is 11.8 Å². The molecule has 0 unspecified atom stereocenters. The zero-order valence-corrected chi connectivity index (χ0v) is 18.2. The van der Waals surface area contributed by atoms with Crippen LogP contribution in [0.4, 0.5) is 11.4 Å². The van der Waals surface area contributed by atoms with E-state index in [1.54, 1.807) is 0 Å². The summed E-state index contributed by atoms with van der Waals surface area (Å²) in [6.45, 7) is 6.03.